The molecule has 0 aliphatic rings. The van der Waals surface area contributed by atoms with Crippen molar-refractivity contribution in [2.75, 3.05) is 11.9 Å². The Labute approximate surface area is 160 Å². The van der Waals surface area contributed by atoms with Crippen LogP contribution in [0.25, 0.3) is 10.9 Å². The average molecular weight is 362 g/mol. The largest absolute Gasteiger partial charge is 0.311 e. The SMILES string of the molecule is CCn1c(=O)cc(C(C)C)c2cc(N(C)C(=O)c3ccc(C)cc3)ccc21. The molecule has 2 aromatic carbocycles. The standard InChI is InChI=1S/C23H26N2O2/c1-6-25-21-12-11-18(13-20(21)19(15(2)3)14-22(25)26)24(5)23(27)17-9-7-16(4)8-10-17/h7-15H,6H2,1-5H3. The van der Waals surface area contributed by atoms with Crippen LogP contribution >= 0.6 is 0 Å². The van der Waals surface area contributed by atoms with Crippen molar-refractivity contribution >= 4 is 22.5 Å². The van der Waals surface area contributed by atoms with Gasteiger partial charge in [-0.3, -0.25) is 9.59 Å². The van der Waals surface area contributed by atoms with E-state index < -0.39 is 0 Å². The highest BCUT2D eigenvalue weighted by Crippen LogP contribution is 2.28. The van der Waals surface area contributed by atoms with Crippen molar-refractivity contribution < 1.29 is 4.79 Å². The summed E-state index contributed by atoms with van der Waals surface area (Å²) >= 11 is 0. The van der Waals surface area contributed by atoms with Crippen LogP contribution in [0.1, 0.15) is 48.2 Å². The normalized spacial score (nSPS) is 11.2. The van der Waals surface area contributed by atoms with Crippen LogP contribution in [-0.4, -0.2) is 17.5 Å². The zero-order valence-electron chi connectivity index (χ0n) is 16.6. The number of aromatic nitrogens is 1. The van der Waals surface area contributed by atoms with Gasteiger partial charge in [0.05, 0.1) is 5.52 Å². The first-order valence-corrected chi connectivity index (χ1v) is 9.35. The molecule has 1 heterocycles. The van der Waals surface area contributed by atoms with Crippen LogP contribution in [-0.2, 0) is 6.54 Å². The Bertz CT molecular complexity index is 1050. The summed E-state index contributed by atoms with van der Waals surface area (Å²) in [5.74, 6) is 0.171. The Hall–Kier alpha value is -2.88. The number of nitrogens with zero attached hydrogens (tertiary/aromatic N) is 2. The van der Waals surface area contributed by atoms with Gasteiger partial charge in [0.15, 0.2) is 0 Å². The van der Waals surface area contributed by atoms with E-state index in [1.54, 1.807) is 22.6 Å². The Balaban J connectivity index is 2.11. The summed E-state index contributed by atoms with van der Waals surface area (Å²) in [4.78, 5) is 26.9. The molecule has 3 rings (SSSR count). The van der Waals surface area contributed by atoms with Gasteiger partial charge in [0.2, 0.25) is 0 Å². The molecule has 140 valence electrons. The predicted octanol–water partition coefficient (Wildman–Crippen LogP) is 4.73. The molecule has 27 heavy (non-hydrogen) atoms. The smallest absolute Gasteiger partial charge is 0.258 e. The lowest BCUT2D eigenvalue weighted by molar-refractivity contribution is 0.0993. The first-order chi connectivity index (χ1) is 12.8. The molecule has 0 N–H and O–H groups in total. The second-order valence-electron chi connectivity index (χ2n) is 7.27. The topological polar surface area (TPSA) is 42.3 Å². The third-order valence-electron chi connectivity index (χ3n) is 5.06. The summed E-state index contributed by atoms with van der Waals surface area (Å²) in [5.41, 5.74) is 4.54. The zero-order chi connectivity index (χ0) is 19.7. The van der Waals surface area contributed by atoms with Crippen molar-refractivity contribution in [1.82, 2.24) is 4.57 Å². The number of fused-ring (bicyclic) bond motifs is 1. The first-order valence-electron chi connectivity index (χ1n) is 9.35. The fourth-order valence-electron chi connectivity index (χ4n) is 3.42. The fraction of sp³-hybridized carbons (Fsp3) is 0.304. The fourth-order valence-corrected chi connectivity index (χ4v) is 3.42. The third-order valence-corrected chi connectivity index (χ3v) is 5.06. The van der Waals surface area contributed by atoms with Crippen molar-refractivity contribution in [2.24, 2.45) is 0 Å². The van der Waals surface area contributed by atoms with Crippen molar-refractivity contribution in [3.8, 4) is 0 Å². The maximum atomic E-state index is 12.9. The maximum absolute atomic E-state index is 12.9. The summed E-state index contributed by atoms with van der Waals surface area (Å²) < 4.78 is 1.77. The number of amides is 1. The van der Waals surface area contributed by atoms with E-state index in [0.29, 0.717) is 12.1 Å². The molecular formula is C23H26N2O2. The molecule has 0 atom stereocenters. The molecule has 4 heteroatoms. The van der Waals surface area contributed by atoms with Crippen molar-refractivity contribution in [3.63, 3.8) is 0 Å². The van der Waals surface area contributed by atoms with E-state index in [0.717, 1.165) is 27.7 Å². The highest BCUT2D eigenvalue weighted by atomic mass is 16.2. The molecule has 0 radical (unpaired) electrons. The molecule has 0 saturated heterocycles. The average Bonchev–Trinajstić information content (AvgIpc) is 2.66. The molecule has 4 nitrogen and oxygen atoms in total. The minimum Gasteiger partial charge on any atom is -0.311 e. The van der Waals surface area contributed by atoms with Crippen molar-refractivity contribution in [3.05, 3.63) is 75.6 Å². The van der Waals surface area contributed by atoms with Crippen LogP contribution in [0.4, 0.5) is 5.69 Å². The van der Waals surface area contributed by atoms with Gasteiger partial charge in [-0.15, -0.1) is 0 Å². The lowest BCUT2D eigenvalue weighted by atomic mass is 9.98. The lowest BCUT2D eigenvalue weighted by Crippen LogP contribution is -2.26. The summed E-state index contributed by atoms with van der Waals surface area (Å²) in [6.07, 6.45) is 0. The number of rotatable bonds is 4. The minimum absolute atomic E-state index is 0.0190. The Kier molecular flexibility index (Phi) is 5.17. The number of aryl methyl sites for hydroxylation is 2. The molecule has 0 unspecified atom stereocenters. The molecular weight excluding hydrogens is 336 g/mol. The Morgan fingerprint density at radius 1 is 1.07 bits per heavy atom. The van der Waals surface area contributed by atoms with Gasteiger partial charge in [-0.1, -0.05) is 31.5 Å². The number of hydrogen-bond donors (Lipinski definition) is 0. The van der Waals surface area contributed by atoms with Crippen LogP contribution in [0.3, 0.4) is 0 Å². The third kappa shape index (κ3) is 3.52. The molecule has 3 aromatic rings. The minimum atomic E-state index is -0.0516. The van der Waals surface area contributed by atoms with Gasteiger partial charge in [0.1, 0.15) is 0 Å². The molecule has 1 amide bonds. The van der Waals surface area contributed by atoms with Gasteiger partial charge < -0.3 is 9.47 Å². The number of pyridine rings is 1. The number of benzene rings is 2. The van der Waals surface area contributed by atoms with Crippen LogP contribution in [0.15, 0.2) is 53.3 Å². The molecule has 0 bridgehead atoms. The van der Waals surface area contributed by atoms with Gasteiger partial charge in [0, 0.05) is 36.3 Å². The molecule has 0 fully saturated rings. The predicted molar refractivity (Wildman–Crippen MR) is 112 cm³/mol. The van der Waals surface area contributed by atoms with Gasteiger partial charge in [-0.25, -0.2) is 0 Å². The van der Waals surface area contributed by atoms with Gasteiger partial charge in [0.25, 0.3) is 11.5 Å². The highest BCUT2D eigenvalue weighted by Gasteiger charge is 2.16. The van der Waals surface area contributed by atoms with E-state index >= 15 is 0 Å². The number of carbonyl (C=O) groups is 1. The van der Waals surface area contributed by atoms with Crippen LogP contribution in [0, 0.1) is 6.92 Å². The van der Waals surface area contributed by atoms with Crippen LogP contribution in [0.2, 0.25) is 0 Å². The number of carbonyl (C=O) groups excluding carboxylic acids is 1. The van der Waals surface area contributed by atoms with E-state index in [1.807, 2.05) is 56.3 Å². The zero-order valence-corrected chi connectivity index (χ0v) is 16.6. The lowest BCUT2D eigenvalue weighted by Gasteiger charge is -2.20. The monoisotopic (exact) mass is 362 g/mol. The number of anilines is 1. The summed E-state index contributed by atoms with van der Waals surface area (Å²) in [6.45, 7) is 8.75. The van der Waals surface area contributed by atoms with Crippen molar-refractivity contribution in [1.29, 1.82) is 0 Å². The molecule has 0 aliphatic carbocycles. The Morgan fingerprint density at radius 3 is 2.33 bits per heavy atom. The molecule has 0 saturated carbocycles. The molecule has 1 aromatic heterocycles. The van der Waals surface area contributed by atoms with Gasteiger partial charge in [-0.2, -0.15) is 0 Å². The Morgan fingerprint density at radius 2 is 1.74 bits per heavy atom. The number of hydrogen-bond acceptors (Lipinski definition) is 2. The second kappa shape index (κ2) is 7.39. The summed E-state index contributed by atoms with van der Waals surface area (Å²) in [7, 11) is 1.79. The van der Waals surface area contributed by atoms with Gasteiger partial charge >= 0.3 is 0 Å². The quantitative estimate of drug-likeness (QED) is 0.673. The summed E-state index contributed by atoms with van der Waals surface area (Å²) in [5, 5.41) is 1.02. The summed E-state index contributed by atoms with van der Waals surface area (Å²) in [6, 6.07) is 15.2. The maximum Gasteiger partial charge on any atom is 0.258 e. The van der Waals surface area contributed by atoms with E-state index in [4.69, 9.17) is 0 Å². The van der Waals surface area contributed by atoms with E-state index in [1.165, 1.54) is 0 Å². The highest BCUT2D eigenvalue weighted by molar-refractivity contribution is 6.06. The van der Waals surface area contributed by atoms with Gasteiger partial charge in [-0.05, 0) is 55.7 Å². The van der Waals surface area contributed by atoms with Crippen molar-refractivity contribution in [2.45, 2.75) is 40.2 Å². The molecule has 0 aliphatic heterocycles. The van der Waals surface area contributed by atoms with E-state index in [9.17, 15) is 9.59 Å². The molecule has 0 spiro atoms. The van der Waals surface area contributed by atoms with Crippen LogP contribution in [0.5, 0.6) is 0 Å². The first kappa shape index (κ1) is 18.9. The van der Waals surface area contributed by atoms with Crippen LogP contribution < -0.4 is 10.5 Å². The van der Waals surface area contributed by atoms with E-state index in [2.05, 4.69) is 13.8 Å². The van der Waals surface area contributed by atoms with E-state index in [-0.39, 0.29) is 17.4 Å². The second-order valence-corrected chi connectivity index (χ2v) is 7.27.